The average molecular weight is 579 g/mol. The van der Waals surface area contributed by atoms with Crippen LogP contribution in [0, 0.1) is 13.1 Å². The van der Waals surface area contributed by atoms with Gasteiger partial charge in [-0.3, -0.25) is 0 Å². The summed E-state index contributed by atoms with van der Waals surface area (Å²) in [4.78, 5) is 7.35. The lowest BCUT2D eigenvalue weighted by molar-refractivity contribution is 0.125. The predicted molar refractivity (Wildman–Crippen MR) is 179 cm³/mol. The van der Waals surface area contributed by atoms with Crippen molar-refractivity contribution in [2.75, 3.05) is 6.79 Å². The first-order chi connectivity index (χ1) is 22.2. The molecule has 0 unspecified atom stereocenters. The van der Waals surface area contributed by atoms with E-state index in [1.54, 1.807) is 0 Å². The standard InChI is InChI=1S/C39H22N4O2/c1-40-24-11-15-36-30(19-24)28-7-3-5-9-34(28)42(36)26-13-17-38-32(21-26)33-22-27(14-18-39(33)45-23-44-38)43-35-10-6-4-8-29(35)31-20-25(41-2)12-16-37(31)43/h3-22H,23H2. The number of ether oxygens (including phenoxy) is 2. The van der Waals surface area contributed by atoms with Gasteiger partial charge in [0.15, 0.2) is 11.4 Å². The number of nitrogens with zero attached hydrogens (tertiary/aromatic N) is 4. The first-order valence-electron chi connectivity index (χ1n) is 14.6. The summed E-state index contributed by atoms with van der Waals surface area (Å²) >= 11 is 0. The second kappa shape index (κ2) is 9.50. The molecule has 0 aliphatic carbocycles. The van der Waals surface area contributed by atoms with Crippen molar-refractivity contribution in [2.24, 2.45) is 0 Å². The highest BCUT2D eigenvalue weighted by Gasteiger charge is 2.21. The molecule has 2 aromatic heterocycles. The third-order valence-corrected chi connectivity index (χ3v) is 8.73. The van der Waals surface area contributed by atoms with E-state index in [-0.39, 0.29) is 6.79 Å². The second-order valence-corrected chi connectivity index (χ2v) is 11.1. The van der Waals surface area contributed by atoms with Crippen molar-refractivity contribution in [1.82, 2.24) is 9.13 Å². The van der Waals surface area contributed by atoms with Crippen LogP contribution in [0.15, 0.2) is 121 Å². The molecule has 3 heterocycles. The smallest absolute Gasteiger partial charge is 0.230 e. The van der Waals surface area contributed by atoms with E-state index in [1.807, 2.05) is 72.8 Å². The third kappa shape index (κ3) is 3.67. The van der Waals surface area contributed by atoms with Crippen LogP contribution in [0.1, 0.15) is 0 Å². The second-order valence-electron chi connectivity index (χ2n) is 11.1. The minimum atomic E-state index is 0.113. The Bertz CT molecular complexity index is 2430. The van der Waals surface area contributed by atoms with Crippen LogP contribution in [-0.2, 0) is 0 Å². The van der Waals surface area contributed by atoms with Crippen molar-refractivity contribution in [3.63, 3.8) is 0 Å². The van der Waals surface area contributed by atoms with Gasteiger partial charge in [-0.25, -0.2) is 9.69 Å². The van der Waals surface area contributed by atoms with E-state index < -0.39 is 0 Å². The van der Waals surface area contributed by atoms with E-state index in [2.05, 4.69) is 67.4 Å². The van der Waals surface area contributed by atoms with Crippen LogP contribution in [0.3, 0.4) is 0 Å². The number of para-hydroxylation sites is 2. The zero-order chi connectivity index (χ0) is 30.1. The lowest BCUT2D eigenvalue weighted by Gasteiger charge is -2.15. The van der Waals surface area contributed by atoms with Gasteiger partial charge in [0.2, 0.25) is 6.79 Å². The first kappa shape index (κ1) is 25.0. The molecule has 0 atom stereocenters. The quantitative estimate of drug-likeness (QED) is 0.191. The van der Waals surface area contributed by atoms with Gasteiger partial charge in [0.25, 0.3) is 0 Å². The van der Waals surface area contributed by atoms with Gasteiger partial charge < -0.3 is 18.6 Å². The van der Waals surface area contributed by atoms with E-state index in [1.165, 1.54) is 0 Å². The Balaban J connectivity index is 1.28. The monoisotopic (exact) mass is 578 g/mol. The molecule has 0 N–H and O–H groups in total. The van der Waals surface area contributed by atoms with Gasteiger partial charge in [-0.15, -0.1) is 0 Å². The Morgan fingerprint density at radius 1 is 0.467 bits per heavy atom. The van der Waals surface area contributed by atoms with Crippen LogP contribution in [-0.4, -0.2) is 15.9 Å². The molecule has 0 amide bonds. The maximum Gasteiger partial charge on any atom is 0.230 e. The predicted octanol–water partition coefficient (Wildman–Crippen LogP) is 10.4. The van der Waals surface area contributed by atoms with Crippen LogP contribution >= 0.6 is 0 Å². The highest BCUT2D eigenvalue weighted by atomic mass is 16.7. The molecule has 0 saturated carbocycles. The van der Waals surface area contributed by atoms with Gasteiger partial charge in [-0.05, 0) is 83.6 Å². The molecule has 6 aromatic carbocycles. The van der Waals surface area contributed by atoms with Gasteiger partial charge in [-0.1, -0.05) is 48.5 Å². The summed E-state index contributed by atoms with van der Waals surface area (Å²) in [6.45, 7) is 15.2. The van der Waals surface area contributed by atoms with Crippen molar-refractivity contribution in [3.8, 4) is 34.0 Å². The van der Waals surface area contributed by atoms with Crippen LogP contribution in [0.5, 0.6) is 11.5 Å². The molecule has 0 spiro atoms. The molecule has 210 valence electrons. The van der Waals surface area contributed by atoms with Crippen LogP contribution < -0.4 is 9.47 Å². The summed E-state index contributed by atoms with van der Waals surface area (Å²) in [7, 11) is 0. The number of hydrogen-bond donors (Lipinski definition) is 0. The maximum atomic E-state index is 7.55. The third-order valence-electron chi connectivity index (χ3n) is 8.73. The number of hydrogen-bond acceptors (Lipinski definition) is 2. The Kier molecular flexibility index (Phi) is 5.29. The van der Waals surface area contributed by atoms with Gasteiger partial charge in [-0.2, -0.15) is 0 Å². The molecule has 0 saturated heterocycles. The van der Waals surface area contributed by atoms with E-state index in [0.717, 1.165) is 77.6 Å². The van der Waals surface area contributed by atoms with Crippen LogP contribution in [0.4, 0.5) is 11.4 Å². The number of aromatic nitrogens is 2. The molecule has 9 rings (SSSR count). The van der Waals surface area contributed by atoms with Crippen LogP contribution in [0.2, 0.25) is 0 Å². The molecule has 0 radical (unpaired) electrons. The van der Waals surface area contributed by atoms with Gasteiger partial charge >= 0.3 is 0 Å². The maximum absolute atomic E-state index is 7.55. The van der Waals surface area contributed by atoms with Gasteiger partial charge in [0, 0.05) is 33.3 Å². The molecule has 6 nitrogen and oxygen atoms in total. The fourth-order valence-corrected chi connectivity index (χ4v) is 6.76. The number of benzene rings is 6. The summed E-state index contributed by atoms with van der Waals surface area (Å²) in [5.41, 5.74) is 9.28. The molecule has 1 aliphatic rings. The highest BCUT2D eigenvalue weighted by Crippen LogP contribution is 2.44. The number of rotatable bonds is 2. The zero-order valence-electron chi connectivity index (χ0n) is 23.9. The highest BCUT2D eigenvalue weighted by molar-refractivity contribution is 6.11. The molecule has 6 heteroatoms. The summed E-state index contributed by atoms with van der Waals surface area (Å²) in [6, 6.07) is 40.8. The number of fused-ring (bicyclic) bond motifs is 9. The molecule has 45 heavy (non-hydrogen) atoms. The topological polar surface area (TPSA) is 37.0 Å². The molecule has 1 aliphatic heterocycles. The van der Waals surface area contributed by atoms with Gasteiger partial charge in [0.05, 0.1) is 35.2 Å². The van der Waals surface area contributed by atoms with Crippen molar-refractivity contribution >= 4 is 55.0 Å². The normalized spacial score (nSPS) is 12.2. The molecule has 0 bridgehead atoms. The van der Waals surface area contributed by atoms with E-state index in [4.69, 9.17) is 22.6 Å². The van der Waals surface area contributed by atoms with E-state index in [0.29, 0.717) is 11.4 Å². The summed E-state index contributed by atoms with van der Waals surface area (Å²) in [6.07, 6.45) is 0. The molecule has 0 fully saturated rings. The summed E-state index contributed by atoms with van der Waals surface area (Å²) < 4.78 is 16.7. The molecular formula is C39H22N4O2. The lowest BCUT2D eigenvalue weighted by Crippen LogP contribution is -2.03. The van der Waals surface area contributed by atoms with E-state index in [9.17, 15) is 0 Å². The fraction of sp³-hybridized carbons (Fsp3) is 0.0256. The fourth-order valence-electron chi connectivity index (χ4n) is 6.76. The van der Waals surface area contributed by atoms with Crippen molar-refractivity contribution < 1.29 is 9.47 Å². The minimum Gasteiger partial charge on any atom is -0.457 e. The molecular weight excluding hydrogens is 556 g/mol. The Morgan fingerprint density at radius 2 is 0.911 bits per heavy atom. The first-order valence-corrected chi connectivity index (χ1v) is 14.6. The Labute approximate surface area is 258 Å². The lowest BCUT2D eigenvalue weighted by atomic mass is 10.0. The zero-order valence-corrected chi connectivity index (χ0v) is 23.9. The van der Waals surface area contributed by atoms with Gasteiger partial charge in [0.1, 0.15) is 11.5 Å². The van der Waals surface area contributed by atoms with Crippen molar-refractivity contribution in [2.45, 2.75) is 0 Å². The van der Waals surface area contributed by atoms with Crippen molar-refractivity contribution in [3.05, 3.63) is 144 Å². The summed E-state index contributed by atoms with van der Waals surface area (Å²) in [5.74, 6) is 1.49. The SMILES string of the molecule is [C-]#[N+]c1ccc2c(c1)c1ccccc1n2-c1ccc2c(c1)-c1cc(-n3c4ccccc4c4cc([N+]#[C-])ccc43)ccc1OCO2. The summed E-state index contributed by atoms with van der Waals surface area (Å²) in [5, 5.41) is 4.29. The Morgan fingerprint density at radius 3 is 1.38 bits per heavy atom. The average Bonchev–Trinajstić information content (AvgIpc) is 3.53. The van der Waals surface area contributed by atoms with Crippen molar-refractivity contribution in [1.29, 1.82) is 0 Å². The largest absolute Gasteiger partial charge is 0.457 e. The van der Waals surface area contributed by atoms with E-state index >= 15 is 0 Å². The van der Waals surface area contributed by atoms with Crippen LogP contribution in [0.25, 0.3) is 75.8 Å². The molecule has 8 aromatic rings. The minimum absolute atomic E-state index is 0.113. The Hall–Kier alpha value is -6.50.